The average molecular weight is 272 g/mol. The molecule has 0 spiro atoms. The van der Waals surface area contributed by atoms with E-state index in [1.54, 1.807) is 0 Å². The van der Waals surface area contributed by atoms with Crippen molar-refractivity contribution >= 4 is 6.21 Å². The standard InChI is InChI=1S/C13H15F3N2O/c14-13(15,16)11-2-4-12(5-3-11)19-9-1-7-18-8-6-17-10-18/h2-6H,1,7-10H2. The maximum atomic E-state index is 12.3. The van der Waals surface area contributed by atoms with Crippen LogP contribution < -0.4 is 4.74 Å². The zero-order valence-electron chi connectivity index (χ0n) is 10.4. The molecule has 1 heterocycles. The Hall–Kier alpha value is -1.56. The largest absolute Gasteiger partial charge is 0.494 e. The summed E-state index contributed by atoms with van der Waals surface area (Å²) in [5.74, 6) is 0.464. The number of halogens is 3. The van der Waals surface area contributed by atoms with E-state index in [0.717, 1.165) is 38.3 Å². The first kappa shape index (κ1) is 13.9. The van der Waals surface area contributed by atoms with Crippen molar-refractivity contribution < 1.29 is 17.9 Å². The number of rotatable bonds is 5. The molecule has 0 bridgehead atoms. The summed E-state index contributed by atoms with van der Waals surface area (Å²) in [6.45, 7) is 2.95. The van der Waals surface area contributed by atoms with Gasteiger partial charge < -0.3 is 4.74 Å². The van der Waals surface area contributed by atoms with Gasteiger partial charge in [0.05, 0.1) is 18.8 Å². The van der Waals surface area contributed by atoms with Crippen LogP contribution in [0.15, 0.2) is 29.3 Å². The van der Waals surface area contributed by atoms with Crippen molar-refractivity contribution in [2.45, 2.75) is 12.6 Å². The second-order valence-corrected chi connectivity index (χ2v) is 4.31. The smallest absolute Gasteiger partial charge is 0.416 e. The lowest BCUT2D eigenvalue weighted by Crippen LogP contribution is -2.23. The van der Waals surface area contributed by atoms with Crippen LogP contribution in [0.5, 0.6) is 5.75 Å². The minimum atomic E-state index is -4.30. The monoisotopic (exact) mass is 272 g/mol. The van der Waals surface area contributed by atoms with E-state index in [4.69, 9.17) is 4.74 Å². The van der Waals surface area contributed by atoms with E-state index in [9.17, 15) is 13.2 Å². The number of benzene rings is 1. The summed E-state index contributed by atoms with van der Waals surface area (Å²) in [6, 6.07) is 4.76. The molecule has 0 atom stereocenters. The Morgan fingerprint density at radius 1 is 1.21 bits per heavy atom. The normalized spacial score (nSPS) is 15.9. The highest BCUT2D eigenvalue weighted by atomic mass is 19.4. The summed E-state index contributed by atoms with van der Waals surface area (Å²) in [5, 5.41) is 0. The number of ether oxygens (including phenoxy) is 1. The van der Waals surface area contributed by atoms with Gasteiger partial charge in [-0.2, -0.15) is 13.2 Å². The molecule has 0 amide bonds. The molecule has 19 heavy (non-hydrogen) atoms. The van der Waals surface area contributed by atoms with Gasteiger partial charge in [-0.15, -0.1) is 0 Å². The van der Waals surface area contributed by atoms with Gasteiger partial charge in [0.2, 0.25) is 0 Å². The van der Waals surface area contributed by atoms with E-state index < -0.39 is 11.7 Å². The lowest BCUT2D eigenvalue weighted by atomic mass is 10.2. The Balaban J connectivity index is 1.71. The summed E-state index contributed by atoms with van der Waals surface area (Å²) >= 11 is 0. The molecule has 1 aromatic rings. The first-order valence-corrected chi connectivity index (χ1v) is 6.06. The molecule has 1 aliphatic heterocycles. The Bertz CT molecular complexity index is 421. The molecule has 0 saturated heterocycles. The summed E-state index contributed by atoms with van der Waals surface area (Å²) in [7, 11) is 0. The van der Waals surface area contributed by atoms with E-state index >= 15 is 0 Å². The minimum absolute atomic E-state index is 0.464. The van der Waals surface area contributed by atoms with E-state index in [2.05, 4.69) is 9.89 Å². The van der Waals surface area contributed by atoms with E-state index in [1.165, 1.54) is 12.1 Å². The number of hydrogen-bond acceptors (Lipinski definition) is 3. The van der Waals surface area contributed by atoms with Crippen molar-refractivity contribution in [3.63, 3.8) is 0 Å². The van der Waals surface area contributed by atoms with Crippen LogP contribution in [0.25, 0.3) is 0 Å². The summed E-state index contributed by atoms with van der Waals surface area (Å²) < 4.78 is 42.4. The minimum Gasteiger partial charge on any atom is -0.494 e. The lowest BCUT2D eigenvalue weighted by molar-refractivity contribution is -0.137. The molecule has 104 valence electrons. The van der Waals surface area contributed by atoms with Crippen molar-refractivity contribution in [3.05, 3.63) is 29.8 Å². The molecule has 0 aromatic heterocycles. The molecule has 0 saturated carbocycles. The molecule has 1 aliphatic rings. The molecule has 0 aliphatic carbocycles. The van der Waals surface area contributed by atoms with Gasteiger partial charge >= 0.3 is 6.18 Å². The first-order chi connectivity index (χ1) is 9.05. The zero-order chi connectivity index (χ0) is 13.7. The predicted molar refractivity (Wildman–Crippen MR) is 66.5 cm³/mol. The van der Waals surface area contributed by atoms with Gasteiger partial charge in [-0.25, -0.2) is 0 Å². The number of aliphatic imine (C=N–C) groups is 1. The van der Waals surface area contributed by atoms with E-state index in [1.807, 2.05) is 6.21 Å². The van der Waals surface area contributed by atoms with Gasteiger partial charge in [-0.3, -0.25) is 9.89 Å². The van der Waals surface area contributed by atoms with Gasteiger partial charge in [-0.1, -0.05) is 0 Å². The Morgan fingerprint density at radius 3 is 2.53 bits per heavy atom. The molecule has 3 nitrogen and oxygen atoms in total. The zero-order valence-corrected chi connectivity index (χ0v) is 10.4. The Kier molecular flexibility index (Phi) is 4.42. The van der Waals surface area contributed by atoms with Gasteiger partial charge in [0.1, 0.15) is 5.75 Å². The quantitative estimate of drug-likeness (QED) is 0.770. The molecule has 2 rings (SSSR count). The van der Waals surface area contributed by atoms with Crippen molar-refractivity contribution in [1.29, 1.82) is 0 Å². The number of nitrogens with zero attached hydrogens (tertiary/aromatic N) is 2. The van der Waals surface area contributed by atoms with E-state index in [0.29, 0.717) is 12.4 Å². The molecular weight excluding hydrogens is 257 g/mol. The molecule has 0 N–H and O–H groups in total. The first-order valence-electron chi connectivity index (χ1n) is 6.06. The van der Waals surface area contributed by atoms with Crippen molar-refractivity contribution in [2.75, 3.05) is 26.4 Å². The van der Waals surface area contributed by atoms with Crippen molar-refractivity contribution in [1.82, 2.24) is 4.90 Å². The molecular formula is C13H15F3N2O. The third kappa shape index (κ3) is 4.24. The molecule has 1 aromatic carbocycles. The van der Waals surface area contributed by atoms with E-state index in [-0.39, 0.29) is 0 Å². The second kappa shape index (κ2) is 6.06. The SMILES string of the molecule is FC(F)(F)c1ccc(OCCCN2CC=NC2)cc1. The van der Waals surface area contributed by atoms with Gasteiger partial charge in [0.25, 0.3) is 0 Å². The van der Waals surface area contributed by atoms with Crippen molar-refractivity contribution in [2.24, 2.45) is 4.99 Å². The number of alkyl halides is 3. The van der Waals surface area contributed by atoms with Crippen LogP contribution in [0.4, 0.5) is 13.2 Å². The van der Waals surface area contributed by atoms with Gasteiger partial charge in [-0.05, 0) is 30.7 Å². The molecule has 0 radical (unpaired) electrons. The summed E-state index contributed by atoms with van der Waals surface area (Å²) in [6.07, 6.45) is -1.60. The Labute approximate surface area is 109 Å². The van der Waals surface area contributed by atoms with Gasteiger partial charge in [0.15, 0.2) is 0 Å². The highest BCUT2D eigenvalue weighted by molar-refractivity contribution is 5.61. The van der Waals surface area contributed by atoms with Crippen LogP contribution in [0.2, 0.25) is 0 Å². The third-order valence-corrected chi connectivity index (χ3v) is 2.82. The van der Waals surface area contributed by atoms with Gasteiger partial charge in [0, 0.05) is 19.3 Å². The fourth-order valence-electron chi connectivity index (χ4n) is 1.78. The summed E-state index contributed by atoms with van der Waals surface area (Å²) in [5.41, 5.74) is -0.658. The number of hydrogen-bond donors (Lipinski definition) is 0. The molecule has 0 unspecified atom stereocenters. The van der Waals surface area contributed by atoms with Crippen molar-refractivity contribution in [3.8, 4) is 5.75 Å². The Morgan fingerprint density at radius 2 is 1.95 bits per heavy atom. The van der Waals surface area contributed by atoms with Crippen LogP contribution in [-0.4, -0.2) is 37.5 Å². The maximum absolute atomic E-state index is 12.3. The molecule has 0 fully saturated rings. The van der Waals surface area contributed by atoms with Crippen LogP contribution >= 0.6 is 0 Å². The second-order valence-electron chi connectivity index (χ2n) is 4.31. The highest BCUT2D eigenvalue weighted by Crippen LogP contribution is 2.30. The lowest BCUT2D eigenvalue weighted by Gasteiger charge is -2.13. The van der Waals surface area contributed by atoms with Crippen LogP contribution in [-0.2, 0) is 6.18 Å². The topological polar surface area (TPSA) is 24.8 Å². The van der Waals surface area contributed by atoms with Crippen LogP contribution in [0.3, 0.4) is 0 Å². The summed E-state index contributed by atoms with van der Waals surface area (Å²) in [4.78, 5) is 6.25. The maximum Gasteiger partial charge on any atom is 0.416 e. The molecule has 6 heteroatoms. The predicted octanol–water partition coefficient (Wildman–Crippen LogP) is 2.82. The fourth-order valence-corrected chi connectivity index (χ4v) is 1.78. The average Bonchev–Trinajstić information content (AvgIpc) is 2.87. The third-order valence-electron chi connectivity index (χ3n) is 2.82. The fraction of sp³-hybridized carbons (Fsp3) is 0.462. The van der Waals surface area contributed by atoms with Crippen LogP contribution in [0.1, 0.15) is 12.0 Å². The van der Waals surface area contributed by atoms with Crippen LogP contribution in [0, 0.1) is 0 Å². The highest BCUT2D eigenvalue weighted by Gasteiger charge is 2.29.